The number of carbonyl (C=O) groups excluding carboxylic acids is 2. The van der Waals surface area contributed by atoms with Gasteiger partial charge in [-0.15, -0.1) is 0 Å². The Bertz CT molecular complexity index is 851. The second-order valence-corrected chi connectivity index (χ2v) is 6.74. The molecule has 0 atom stereocenters. The molecule has 0 saturated heterocycles. The topological polar surface area (TPSA) is 59.1 Å². The van der Waals surface area contributed by atoms with Gasteiger partial charge in [0.15, 0.2) is 0 Å². The van der Waals surface area contributed by atoms with E-state index in [2.05, 4.69) is 10.3 Å². The number of alkyl halides is 3. The van der Waals surface area contributed by atoms with E-state index in [1.54, 1.807) is 13.8 Å². The third-order valence-corrected chi connectivity index (χ3v) is 4.20. The first-order valence-electron chi connectivity index (χ1n) is 8.19. The van der Waals surface area contributed by atoms with Crippen molar-refractivity contribution >= 4 is 23.3 Å². The van der Waals surface area contributed by atoms with Crippen LogP contribution < -0.4 is 5.32 Å². The Balaban J connectivity index is 2.07. The number of Topliss-reactive ketones (excluding diaryl/α,β-unsaturated/α-hetero) is 1. The highest BCUT2D eigenvalue weighted by Gasteiger charge is 2.33. The maximum atomic E-state index is 12.9. The van der Waals surface area contributed by atoms with Gasteiger partial charge in [-0.25, -0.2) is 0 Å². The highest BCUT2D eigenvalue weighted by Crippen LogP contribution is 2.35. The Labute approximate surface area is 159 Å². The summed E-state index contributed by atoms with van der Waals surface area (Å²) in [4.78, 5) is 28.1. The number of nitrogens with zero attached hydrogens (tertiary/aromatic N) is 1. The number of ketones is 1. The molecule has 8 heteroatoms. The number of hydrogen-bond donors (Lipinski definition) is 1. The van der Waals surface area contributed by atoms with Gasteiger partial charge in [-0.2, -0.15) is 13.2 Å². The number of carbonyl (C=O) groups is 2. The summed E-state index contributed by atoms with van der Waals surface area (Å²) in [7, 11) is 0. The SMILES string of the molecule is CC(C)C(=O)Cc1cc(C(=O)NCc2ccc(Cl)c(C(F)(F)F)c2)ccn1. The van der Waals surface area contributed by atoms with Crippen molar-refractivity contribution in [3.05, 3.63) is 63.9 Å². The second-order valence-electron chi connectivity index (χ2n) is 6.33. The minimum absolute atomic E-state index is 0.000836. The molecule has 0 spiro atoms. The molecule has 0 fully saturated rings. The van der Waals surface area contributed by atoms with Gasteiger partial charge in [0.1, 0.15) is 5.78 Å². The first-order chi connectivity index (χ1) is 12.6. The lowest BCUT2D eigenvalue weighted by atomic mass is 10.0. The molecule has 0 aliphatic rings. The molecule has 0 unspecified atom stereocenters. The Kier molecular flexibility index (Phi) is 6.59. The molecule has 1 aromatic carbocycles. The predicted molar refractivity (Wildman–Crippen MR) is 95.4 cm³/mol. The number of nitrogens with one attached hydrogen (secondary N) is 1. The van der Waals surface area contributed by atoms with Crippen LogP contribution in [0.5, 0.6) is 0 Å². The molecular weight excluding hydrogens is 381 g/mol. The first-order valence-corrected chi connectivity index (χ1v) is 8.57. The number of pyridine rings is 1. The van der Waals surface area contributed by atoms with Gasteiger partial charge in [0, 0.05) is 36.3 Å². The van der Waals surface area contributed by atoms with E-state index < -0.39 is 22.7 Å². The monoisotopic (exact) mass is 398 g/mol. The van der Waals surface area contributed by atoms with Crippen molar-refractivity contribution in [2.45, 2.75) is 33.0 Å². The van der Waals surface area contributed by atoms with E-state index in [0.29, 0.717) is 5.69 Å². The van der Waals surface area contributed by atoms with Crippen LogP contribution in [0.3, 0.4) is 0 Å². The molecule has 4 nitrogen and oxygen atoms in total. The molecular formula is C19H18ClF3N2O2. The zero-order valence-corrected chi connectivity index (χ0v) is 15.5. The number of rotatable bonds is 6. The summed E-state index contributed by atoms with van der Waals surface area (Å²) < 4.78 is 38.7. The fraction of sp³-hybridized carbons (Fsp3) is 0.316. The summed E-state index contributed by atoms with van der Waals surface area (Å²) in [6.07, 6.45) is -3.03. The van der Waals surface area contributed by atoms with E-state index in [4.69, 9.17) is 11.6 Å². The minimum Gasteiger partial charge on any atom is -0.348 e. The van der Waals surface area contributed by atoms with E-state index in [9.17, 15) is 22.8 Å². The van der Waals surface area contributed by atoms with Crippen molar-refractivity contribution in [2.75, 3.05) is 0 Å². The fourth-order valence-electron chi connectivity index (χ4n) is 2.28. The fourth-order valence-corrected chi connectivity index (χ4v) is 2.51. The second kappa shape index (κ2) is 8.52. The Hall–Kier alpha value is -2.41. The standard InChI is InChI=1S/C19H18ClF3N2O2/c1-11(2)17(26)9-14-8-13(5-6-24-14)18(27)25-10-12-3-4-16(20)15(7-12)19(21,22)23/h3-8,11H,9-10H2,1-2H3,(H,25,27). The van der Waals surface area contributed by atoms with Crippen LogP contribution in [0.25, 0.3) is 0 Å². The van der Waals surface area contributed by atoms with Gasteiger partial charge in [-0.3, -0.25) is 14.6 Å². The summed E-state index contributed by atoms with van der Waals surface area (Å²) in [5.74, 6) is -0.614. The van der Waals surface area contributed by atoms with Gasteiger partial charge >= 0.3 is 6.18 Å². The molecule has 1 N–H and O–H groups in total. The average molecular weight is 399 g/mol. The third-order valence-electron chi connectivity index (χ3n) is 3.87. The quantitative estimate of drug-likeness (QED) is 0.782. The largest absolute Gasteiger partial charge is 0.417 e. The van der Waals surface area contributed by atoms with Crippen LogP contribution in [0.4, 0.5) is 13.2 Å². The Morgan fingerprint density at radius 1 is 1.19 bits per heavy atom. The van der Waals surface area contributed by atoms with E-state index in [1.807, 2.05) is 0 Å². The van der Waals surface area contributed by atoms with Crippen LogP contribution in [0.15, 0.2) is 36.5 Å². The summed E-state index contributed by atoms with van der Waals surface area (Å²) in [5, 5.41) is 2.16. The van der Waals surface area contributed by atoms with Crippen molar-refractivity contribution in [1.29, 1.82) is 0 Å². The molecule has 0 bridgehead atoms. The molecule has 2 rings (SSSR count). The van der Waals surface area contributed by atoms with Gasteiger partial charge in [-0.05, 0) is 29.8 Å². The Morgan fingerprint density at radius 3 is 2.52 bits per heavy atom. The molecule has 1 heterocycles. The molecule has 0 saturated carbocycles. The molecule has 0 radical (unpaired) electrons. The number of amides is 1. The maximum Gasteiger partial charge on any atom is 0.417 e. The van der Waals surface area contributed by atoms with Gasteiger partial charge in [-0.1, -0.05) is 31.5 Å². The normalized spacial score (nSPS) is 11.5. The van der Waals surface area contributed by atoms with E-state index >= 15 is 0 Å². The van der Waals surface area contributed by atoms with Crippen molar-refractivity contribution in [3.63, 3.8) is 0 Å². The number of hydrogen-bond acceptors (Lipinski definition) is 3. The summed E-state index contributed by atoms with van der Waals surface area (Å²) in [5.41, 5.74) is 0.0624. The number of benzene rings is 1. The maximum absolute atomic E-state index is 12.9. The van der Waals surface area contributed by atoms with Crippen LogP contribution in [0.1, 0.15) is 41.0 Å². The zero-order valence-electron chi connectivity index (χ0n) is 14.7. The van der Waals surface area contributed by atoms with Crippen molar-refractivity contribution < 1.29 is 22.8 Å². The Morgan fingerprint density at radius 2 is 1.89 bits per heavy atom. The summed E-state index contributed by atoms with van der Waals surface area (Å²) in [6, 6.07) is 6.44. The molecule has 2 aromatic rings. The van der Waals surface area contributed by atoms with Gasteiger partial charge < -0.3 is 5.32 Å². The molecule has 0 aliphatic heterocycles. The lowest BCUT2D eigenvalue weighted by Gasteiger charge is -2.12. The summed E-state index contributed by atoms with van der Waals surface area (Å²) in [6.45, 7) is 3.46. The summed E-state index contributed by atoms with van der Waals surface area (Å²) >= 11 is 5.58. The smallest absolute Gasteiger partial charge is 0.348 e. The number of halogens is 4. The zero-order chi connectivity index (χ0) is 20.2. The van der Waals surface area contributed by atoms with E-state index in [-0.39, 0.29) is 35.8 Å². The van der Waals surface area contributed by atoms with Crippen LogP contribution in [0.2, 0.25) is 5.02 Å². The number of aromatic nitrogens is 1. The van der Waals surface area contributed by atoms with Gasteiger partial charge in [0.2, 0.25) is 0 Å². The van der Waals surface area contributed by atoms with Crippen LogP contribution in [-0.4, -0.2) is 16.7 Å². The van der Waals surface area contributed by atoms with Crippen LogP contribution in [-0.2, 0) is 23.9 Å². The van der Waals surface area contributed by atoms with Crippen molar-refractivity contribution in [2.24, 2.45) is 5.92 Å². The van der Waals surface area contributed by atoms with E-state index in [1.165, 1.54) is 24.4 Å². The van der Waals surface area contributed by atoms with Crippen LogP contribution >= 0.6 is 11.6 Å². The molecule has 27 heavy (non-hydrogen) atoms. The molecule has 1 aromatic heterocycles. The average Bonchev–Trinajstić information content (AvgIpc) is 2.59. The predicted octanol–water partition coefficient (Wildman–Crippen LogP) is 4.45. The first kappa shape index (κ1) is 20.9. The van der Waals surface area contributed by atoms with Crippen molar-refractivity contribution in [1.82, 2.24) is 10.3 Å². The van der Waals surface area contributed by atoms with E-state index in [0.717, 1.165) is 12.1 Å². The highest BCUT2D eigenvalue weighted by atomic mass is 35.5. The molecule has 0 aliphatic carbocycles. The third kappa shape index (κ3) is 5.79. The molecule has 144 valence electrons. The highest BCUT2D eigenvalue weighted by molar-refractivity contribution is 6.31. The molecule has 1 amide bonds. The lowest BCUT2D eigenvalue weighted by molar-refractivity contribution is -0.137. The van der Waals surface area contributed by atoms with Crippen LogP contribution in [0, 0.1) is 5.92 Å². The minimum atomic E-state index is -4.57. The van der Waals surface area contributed by atoms with Gasteiger partial charge in [0.25, 0.3) is 5.91 Å². The lowest BCUT2D eigenvalue weighted by Crippen LogP contribution is -2.23. The van der Waals surface area contributed by atoms with Crippen molar-refractivity contribution in [3.8, 4) is 0 Å². The van der Waals surface area contributed by atoms with Gasteiger partial charge in [0.05, 0.1) is 10.6 Å².